The Morgan fingerprint density at radius 3 is 2.65 bits per heavy atom. The van der Waals surface area contributed by atoms with Crippen LogP contribution in [0.15, 0.2) is 4.52 Å². The van der Waals surface area contributed by atoms with Gasteiger partial charge in [-0.25, -0.2) is 0 Å². The van der Waals surface area contributed by atoms with Gasteiger partial charge in [0.05, 0.1) is 12.7 Å². The maximum atomic E-state index is 6.30. The maximum Gasteiger partial charge on any atom is 0.230 e. The molecular formula is C15H25N3O2. The summed E-state index contributed by atoms with van der Waals surface area (Å²) in [5.74, 6) is 2.36. The standard InChI is InChI=1S/C15H25N3O2/c1-10-5-3-8-12(10)13-17-14(18-20-13)15(2,16)9-19-11-6-4-7-11/h10-12H,3-9,16H2,1-2H3. The summed E-state index contributed by atoms with van der Waals surface area (Å²) in [5, 5.41) is 4.10. The molecule has 0 aromatic carbocycles. The predicted octanol–water partition coefficient (Wildman–Crippen LogP) is 2.72. The summed E-state index contributed by atoms with van der Waals surface area (Å²) in [4.78, 5) is 4.55. The normalized spacial score (nSPS) is 30.1. The van der Waals surface area contributed by atoms with Crippen molar-refractivity contribution >= 4 is 0 Å². The molecule has 2 N–H and O–H groups in total. The maximum absolute atomic E-state index is 6.30. The zero-order valence-electron chi connectivity index (χ0n) is 12.5. The van der Waals surface area contributed by atoms with Crippen LogP contribution in [-0.4, -0.2) is 22.9 Å². The van der Waals surface area contributed by atoms with Crippen LogP contribution in [0.1, 0.15) is 70.0 Å². The summed E-state index contributed by atoms with van der Waals surface area (Å²) < 4.78 is 11.3. The Bertz CT molecular complexity index is 454. The second kappa shape index (κ2) is 5.45. The first-order chi connectivity index (χ1) is 9.56. The fraction of sp³-hybridized carbons (Fsp3) is 0.867. The summed E-state index contributed by atoms with van der Waals surface area (Å²) in [5.41, 5.74) is 5.63. The predicted molar refractivity (Wildman–Crippen MR) is 75.2 cm³/mol. The average Bonchev–Trinajstić information content (AvgIpc) is 2.94. The van der Waals surface area contributed by atoms with Crippen molar-refractivity contribution in [3.05, 3.63) is 11.7 Å². The highest BCUT2D eigenvalue weighted by Crippen LogP contribution is 2.38. The fourth-order valence-electron chi connectivity index (χ4n) is 3.02. The van der Waals surface area contributed by atoms with Gasteiger partial charge in [0.2, 0.25) is 5.89 Å². The van der Waals surface area contributed by atoms with Crippen LogP contribution >= 0.6 is 0 Å². The molecule has 1 aromatic rings. The van der Waals surface area contributed by atoms with Gasteiger partial charge >= 0.3 is 0 Å². The molecule has 0 aliphatic heterocycles. The van der Waals surface area contributed by atoms with Crippen LogP contribution in [0.2, 0.25) is 0 Å². The first-order valence-corrected chi connectivity index (χ1v) is 7.81. The first-order valence-electron chi connectivity index (χ1n) is 7.81. The van der Waals surface area contributed by atoms with Crippen molar-refractivity contribution < 1.29 is 9.26 Å². The van der Waals surface area contributed by atoms with E-state index in [4.69, 9.17) is 15.0 Å². The average molecular weight is 279 g/mol. The van der Waals surface area contributed by atoms with Crippen molar-refractivity contribution in [3.63, 3.8) is 0 Å². The van der Waals surface area contributed by atoms with Gasteiger partial charge in [-0.05, 0) is 44.9 Å². The Kier molecular flexibility index (Phi) is 3.82. The van der Waals surface area contributed by atoms with Crippen LogP contribution in [0.5, 0.6) is 0 Å². The number of rotatable bonds is 5. The van der Waals surface area contributed by atoms with Crippen molar-refractivity contribution in [2.75, 3.05) is 6.61 Å². The van der Waals surface area contributed by atoms with E-state index in [2.05, 4.69) is 17.1 Å². The van der Waals surface area contributed by atoms with Gasteiger partial charge in [-0.3, -0.25) is 0 Å². The van der Waals surface area contributed by atoms with Gasteiger partial charge in [0.15, 0.2) is 5.82 Å². The van der Waals surface area contributed by atoms with E-state index in [1.807, 2.05) is 6.92 Å². The van der Waals surface area contributed by atoms with Crippen molar-refractivity contribution in [1.29, 1.82) is 0 Å². The van der Waals surface area contributed by atoms with E-state index in [-0.39, 0.29) is 0 Å². The zero-order valence-corrected chi connectivity index (χ0v) is 12.5. The monoisotopic (exact) mass is 279 g/mol. The molecule has 5 heteroatoms. The summed E-state index contributed by atoms with van der Waals surface area (Å²) in [6, 6.07) is 0. The quantitative estimate of drug-likeness (QED) is 0.897. The minimum atomic E-state index is -0.667. The van der Waals surface area contributed by atoms with Gasteiger partial charge in [-0.2, -0.15) is 4.98 Å². The van der Waals surface area contributed by atoms with Crippen molar-refractivity contribution in [2.45, 2.75) is 69.9 Å². The zero-order chi connectivity index (χ0) is 14.2. The topological polar surface area (TPSA) is 74.2 Å². The van der Waals surface area contributed by atoms with Crippen LogP contribution in [-0.2, 0) is 10.3 Å². The van der Waals surface area contributed by atoms with Crippen LogP contribution in [0.3, 0.4) is 0 Å². The summed E-state index contributed by atoms with van der Waals surface area (Å²) >= 11 is 0. The highest BCUT2D eigenvalue weighted by molar-refractivity contribution is 5.06. The third-order valence-electron chi connectivity index (χ3n) is 4.80. The van der Waals surface area contributed by atoms with Gasteiger partial charge in [0.25, 0.3) is 0 Å². The van der Waals surface area contributed by atoms with E-state index in [9.17, 15) is 0 Å². The molecule has 2 aliphatic carbocycles. The molecule has 2 fully saturated rings. The van der Waals surface area contributed by atoms with Crippen LogP contribution in [0.4, 0.5) is 0 Å². The summed E-state index contributed by atoms with van der Waals surface area (Å²) in [6.07, 6.45) is 7.56. The van der Waals surface area contributed by atoms with E-state index in [1.165, 1.54) is 19.3 Å². The number of nitrogens with two attached hydrogens (primary N) is 1. The highest BCUT2D eigenvalue weighted by atomic mass is 16.5. The third kappa shape index (κ3) is 2.74. The minimum absolute atomic E-state index is 0.374. The molecule has 2 aliphatic rings. The summed E-state index contributed by atoms with van der Waals surface area (Å²) in [6.45, 7) is 4.62. The largest absolute Gasteiger partial charge is 0.376 e. The van der Waals surface area contributed by atoms with E-state index in [0.29, 0.717) is 30.4 Å². The molecule has 112 valence electrons. The molecule has 0 bridgehead atoms. The van der Waals surface area contributed by atoms with Crippen LogP contribution in [0.25, 0.3) is 0 Å². The third-order valence-corrected chi connectivity index (χ3v) is 4.80. The lowest BCUT2D eigenvalue weighted by Crippen LogP contribution is -2.41. The van der Waals surface area contributed by atoms with E-state index in [1.54, 1.807) is 0 Å². The number of ether oxygens (including phenoxy) is 1. The molecule has 2 saturated carbocycles. The fourth-order valence-corrected chi connectivity index (χ4v) is 3.02. The number of aromatic nitrogens is 2. The molecule has 3 rings (SSSR count). The van der Waals surface area contributed by atoms with E-state index < -0.39 is 5.54 Å². The molecule has 1 heterocycles. The van der Waals surface area contributed by atoms with E-state index in [0.717, 1.165) is 25.2 Å². The van der Waals surface area contributed by atoms with E-state index >= 15 is 0 Å². The van der Waals surface area contributed by atoms with Gasteiger partial charge in [0, 0.05) is 5.92 Å². The molecule has 20 heavy (non-hydrogen) atoms. The van der Waals surface area contributed by atoms with Crippen molar-refractivity contribution in [3.8, 4) is 0 Å². The number of hydrogen-bond acceptors (Lipinski definition) is 5. The molecule has 3 unspecified atom stereocenters. The molecule has 0 spiro atoms. The molecule has 0 saturated heterocycles. The second-order valence-corrected chi connectivity index (χ2v) is 6.75. The van der Waals surface area contributed by atoms with Gasteiger partial charge in [0.1, 0.15) is 5.54 Å². The lowest BCUT2D eigenvalue weighted by molar-refractivity contribution is -0.0222. The van der Waals surface area contributed by atoms with Gasteiger partial charge in [-0.15, -0.1) is 0 Å². The van der Waals surface area contributed by atoms with Crippen LogP contribution < -0.4 is 5.73 Å². The number of nitrogens with zero attached hydrogens (tertiary/aromatic N) is 2. The first kappa shape index (κ1) is 14.0. The van der Waals surface area contributed by atoms with Gasteiger partial charge < -0.3 is 15.0 Å². The molecule has 3 atom stereocenters. The molecular weight excluding hydrogens is 254 g/mol. The Hall–Kier alpha value is -0.940. The van der Waals surface area contributed by atoms with Crippen LogP contribution in [0, 0.1) is 5.92 Å². The number of hydrogen-bond donors (Lipinski definition) is 1. The smallest absolute Gasteiger partial charge is 0.230 e. The Balaban J connectivity index is 1.64. The summed E-state index contributed by atoms with van der Waals surface area (Å²) in [7, 11) is 0. The SMILES string of the molecule is CC1CCCC1c1nc(C(C)(N)COC2CCC2)no1. The molecule has 1 aromatic heterocycles. The molecule has 0 radical (unpaired) electrons. The van der Waals surface area contributed by atoms with Crippen molar-refractivity contribution in [2.24, 2.45) is 11.7 Å². The lowest BCUT2D eigenvalue weighted by atomic mass is 9.95. The second-order valence-electron chi connectivity index (χ2n) is 6.75. The minimum Gasteiger partial charge on any atom is -0.376 e. The molecule has 0 amide bonds. The Morgan fingerprint density at radius 2 is 2.05 bits per heavy atom. The Labute approximate surface area is 120 Å². The van der Waals surface area contributed by atoms with Crippen molar-refractivity contribution in [1.82, 2.24) is 10.1 Å². The lowest BCUT2D eigenvalue weighted by Gasteiger charge is -2.29. The molecule has 5 nitrogen and oxygen atoms in total. The van der Waals surface area contributed by atoms with Gasteiger partial charge in [-0.1, -0.05) is 18.5 Å². The highest BCUT2D eigenvalue weighted by Gasteiger charge is 2.34. The Morgan fingerprint density at radius 1 is 1.30 bits per heavy atom.